The Kier molecular flexibility index (Phi) is 8.07. The van der Waals surface area contributed by atoms with E-state index in [1.807, 2.05) is 13.0 Å². The van der Waals surface area contributed by atoms with Crippen molar-refractivity contribution in [2.45, 2.75) is 13.3 Å². The molecular formula is C10H19NO. The Morgan fingerprint density at radius 3 is 2.83 bits per heavy atom. The molecule has 0 spiro atoms. The van der Waals surface area contributed by atoms with Crippen LogP contribution in [0.4, 0.5) is 0 Å². The maximum atomic E-state index is 5.33. The second-order valence-corrected chi connectivity index (χ2v) is 2.81. The lowest BCUT2D eigenvalue weighted by Gasteiger charge is -2.03. The van der Waals surface area contributed by atoms with Gasteiger partial charge >= 0.3 is 0 Å². The maximum Gasteiger partial charge on any atom is 0.0591 e. The average Bonchev–Trinajstić information content (AvgIpc) is 2.02. The predicted octanol–water partition coefficient (Wildman–Crippen LogP) is 1.74. The van der Waals surface area contributed by atoms with Crippen molar-refractivity contribution in [3.05, 3.63) is 24.8 Å². The van der Waals surface area contributed by atoms with Crippen molar-refractivity contribution in [2.75, 3.05) is 26.3 Å². The monoisotopic (exact) mass is 169 g/mol. The molecule has 0 aromatic carbocycles. The topological polar surface area (TPSA) is 21.3 Å². The van der Waals surface area contributed by atoms with E-state index in [4.69, 9.17) is 4.74 Å². The van der Waals surface area contributed by atoms with Gasteiger partial charge in [-0.3, -0.25) is 0 Å². The molecule has 0 aliphatic heterocycles. The Morgan fingerprint density at radius 2 is 2.25 bits per heavy atom. The minimum Gasteiger partial charge on any atom is -0.380 e. The molecule has 0 aromatic rings. The third-order valence-electron chi connectivity index (χ3n) is 1.39. The van der Waals surface area contributed by atoms with Gasteiger partial charge < -0.3 is 10.1 Å². The van der Waals surface area contributed by atoms with E-state index in [1.165, 1.54) is 5.57 Å². The van der Waals surface area contributed by atoms with Crippen LogP contribution < -0.4 is 5.32 Å². The van der Waals surface area contributed by atoms with Gasteiger partial charge in [-0.25, -0.2) is 0 Å². The average molecular weight is 169 g/mol. The van der Waals surface area contributed by atoms with Gasteiger partial charge in [-0.1, -0.05) is 11.6 Å². The third-order valence-corrected chi connectivity index (χ3v) is 1.39. The van der Waals surface area contributed by atoms with Crippen molar-refractivity contribution in [1.29, 1.82) is 0 Å². The molecule has 2 nitrogen and oxygen atoms in total. The minimum atomic E-state index is 0.765. The molecule has 0 fully saturated rings. The molecule has 0 aliphatic carbocycles. The predicted molar refractivity (Wildman–Crippen MR) is 53.3 cm³/mol. The zero-order valence-electron chi connectivity index (χ0n) is 7.94. The number of nitrogens with one attached hydrogen (secondary N) is 1. The molecule has 70 valence electrons. The van der Waals surface area contributed by atoms with E-state index in [9.17, 15) is 0 Å². The number of rotatable bonds is 8. The first-order valence-electron chi connectivity index (χ1n) is 4.31. The Morgan fingerprint density at radius 1 is 1.50 bits per heavy atom. The normalized spacial score (nSPS) is 9.75. The summed E-state index contributed by atoms with van der Waals surface area (Å²) >= 11 is 0. The molecule has 0 aromatic heterocycles. The van der Waals surface area contributed by atoms with Crippen molar-refractivity contribution in [2.24, 2.45) is 0 Å². The Hall–Kier alpha value is -0.600. The highest BCUT2D eigenvalue weighted by molar-refractivity contribution is 4.87. The SMILES string of the molecule is C=CCNCCOCCC(=C)C. The third kappa shape index (κ3) is 9.40. The molecule has 0 unspecified atom stereocenters. The molecule has 0 heterocycles. The molecule has 0 amide bonds. The maximum absolute atomic E-state index is 5.33. The summed E-state index contributed by atoms with van der Waals surface area (Å²) in [7, 11) is 0. The zero-order chi connectivity index (χ0) is 9.23. The van der Waals surface area contributed by atoms with Crippen LogP contribution in [-0.2, 0) is 4.74 Å². The van der Waals surface area contributed by atoms with E-state index < -0.39 is 0 Å². The largest absolute Gasteiger partial charge is 0.380 e. The fourth-order valence-corrected chi connectivity index (χ4v) is 0.697. The fourth-order valence-electron chi connectivity index (χ4n) is 0.697. The summed E-state index contributed by atoms with van der Waals surface area (Å²) in [5, 5.41) is 3.16. The standard InChI is InChI=1S/C10H19NO/c1-4-6-11-7-9-12-8-5-10(2)3/h4,11H,1-2,5-9H2,3H3. The van der Waals surface area contributed by atoms with Crippen LogP contribution in [0.5, 0.6) is 0 Å². The first-order valence-corrected chi connectivity index (χ1v) is 4.31. The quantitative estimate of drug-likeness (QED) is 0.441. The molecule has 0 bridgehead atoms. The van der Waals surface area contributed by atoms with Gasteiger partial charge in [0, 0.05) is 13.1 Å². The summed E-state index contributed by atoms with van der Waals surface area (Å²) in [5.41, 5.74) is 1.18. The van der Waals surface area contributed by atoms with Crippen LogP contribution in [0.25, 0.3) is 0 Å². The van der Waals surface area contributed by atoms with E-state index in [0.29, 0.717) is 0 Å². The van der Waals surface area contributed by atoms with Crippen LogP contribution in [-0.4, -0.2) is 26.3 Å². The molecule has 0 aliphatic rings. The Bertz CT molecular complexity index is 132. The molecular weight excluding hydrogens is 150 g/mol. The summed E-state index contributed by atoms with van der Waals surface area (Å²) in [5.74, 6) is 0. The van der Waals surface area contributed by atoms with Crippen LogP contribution in [0.3, 0.4) is 0 Å². The van der Waals surface area contributed by atoms with Crippen LogP contribution in [0.15, 0.2) is 24.8 Å². The van der Waals surface area contributed by atoms with Gasteiger partial charge in [0.2, 0.25) is 0 Å². The van der Waals surface area contributed by atoms with Crippen LogP contribution in [0, 0.1) is 0 Å². The van der Waals surface area contributed by atoms with Gasteiger partial charge in [0.1, 0.15) is 0 Å². The fraction of sp³-hybridized carbons (Fsp3) is 0.600. The van der Waals surface area contributed by atoms with Crippen LogP contribution in [0.1, 0.15) is 13.3 Å². The molecule has 0 radical (unpaired) electrons. The van der Waals surface area contributed by atoms with E-state index in [2.05, 4.69) is 18.5 Å². The Balaban J connectivity index is 2.90. The first kappa shape index (κ1) is 11.4. The van der Waals surface area contributed by atoms with Crippen LogP contribution in [0.2, 0.25) is 0 Å². The van der Waals surface area contributed by atoms with E-state index in [-0.39, 0.29) is 0 Å². The van der Waals surface area contributed by atoms with Crippen molar-refractivity contribution in [1.82, 2.24) is 5.32 Å². The molecule has 0 rings (SSSR count). The van der Waals surface area contributed by atoms with Gasteiger partial charge in [0.25, 0.3) is 0 Å². The van der Waals surface area contributed by atoms with Crippen molar-refractivity contribution < 1.29 is 4.74 Å². The highest BCUT2D eigenvalue weighted by Crippen LogP contribution is 1.94. The summed E-state index contributed by atoms with van der Waals surface area (Å²) in [6, 6.07) is 0. The highest BCUT2D eigenvalue weighted by atomic mass is 16.5. The van der Waals surface area contributed by atoms with Gasteiger partial charge in [-0.15, -0.1) is 13.2 Å². The highest BCUT2D eigenvalue weighted by Gasteiger charge is 1.88. The lowest BCUT2D eigenvalue weighted by atomic mass is 10.3. The van der Waals surface area contributed by atoms with Crippen LogP contribution >= 0.6 is 0 Å². The minimum absolute atomic E-state index is 0.765. The molecule has 0 saturated carbocycles. The molecule has 12 heavy (non-hydrogen) atoms. The van der Waals surface area contributed by atoms with Crippen molar-refractivity contribution in [3.8, 4) is 0 Å². The van der Waals surface area contributed by atoms with Crippen molar-refractivity contribution >= 4 is 0 Å². The summed E-state index contributed by atoms with van der Waals surface area (Å²) in [6.07, 6.45) is 2.80. The number of hydrogen-bond acceptors (Lipinski definition) is 2. The molecule has 0 atom stereocenters. The molecule has 2 heteroatoms. The zero-order valence-corrected chi connectivity index (χ0v) is 7.94. The van der Waals surface area contributed by atoms with Crippen molar-refractivity contribution in [3.63, 3.8) is 0 Å². The molecule has 0 saturated heterocycles. The molecule has 1 N–H and O–H groups in total. The van der Waals surface area contributed by atoms with E-state index >= 15 is 0 Å². The second-order valence-electron chi connectivity index (χ2n) is 2.81. The van der Waals surface area contributed by atoms with E-state index in [0.717, 1.165) is 32.7 Å². The van der Waals surface area contributed by atoms with Gasteiger partial charge in [-0.05, 0) is 13.3 Å². The van der Waals surface area contributed by atoms with Gasteiger partial charge in [0.05, 0.1) is 13.2 Å². The lowest BCUT2D eigenvalue weighted by molar-refractivity contribution is 0.139. The first-order chi connectivity index (χ1) is 5.77. The number of ether oxygens (including phenoxy) is 1. The second kappa shape index (κ2) is 8.50. The summed E-state index contributed by atoms with van der Waals surface area (Å²) in [6.45, 7) is 12.7. The smallest absolute Gasteiger partial charge is 0.0591 e. The van der Waals surface area contributed by atoms with E-state index in [1.54, 1.807) is 0 Å². The van der Waals surface area contributed by atoms with Gasteiger partial charge in [-0.2, -0.15) is 0 Å². The number of hydrogen-bond donors (Lipinski definition) is 1. The summed E-state index contributed by atoms with van der Waals surface area (Å²) in [4.78, 5) is 0. The lowest BCUT2D eigenvalue weighted by Crippen LogP contribution is -2.19. The Labute approximate surface area is 75.3 Å². The summed E-state index contributed by atoms with van der Waals surface area (Å²) < 4.78 is 5.33. The van der Waals surface area contributed by atoms with Gasteiger partial charge in [0.15, 0.2) is 0 Å².